The van der Waals surface area contributed by atoms with Crippen LogP contribution in [0.3, 0.4) is 0 Å². The van der Waals surface area contributed by atoms with Gasteiger partial charge in [-0.3, -0.25) is 0 Å². The quantitative estimate of drug-likeness (QED) is 0.561. The van der Waals surface area contributed by atoms with Crippen LogP contribution in [0.25, 0.3) is 0 Å². The zero-order chi connectivity index (χ0) is 21.7. The van der Waals surface area contributed by atoms with Gasteiger partial charge in [-0.25, -0.2) is 9.59 Å². The van der Waals surface area contributed by atoms with Crippen LogP contribution < -0.4 is 4.74 Å². The van der Waals surface area contributed by atoms with Crippen LogP contribution in [-0.4, -0.2) is 54.7 Å². The number of carboxylic acid groups (broad SMARTS) is 1. The summed E-state index contributed by atoms with van der Waals surface area (Å²) in [5, 5.41) is 19.0. The van der Waals surface area contributed by atoms with Gasteiger partial charge in [0.25, 0.3) is 0 Å². The number of carboxylic acids is 1. The number of hydrogen-bond acceptors (Lipinski definition) is 6. The summed E-state index contributed by atoms with van der Waals surface area (Å²) in [6.07, 6.45) is 4.07. The van der Waals surface area contributed by atoms with Crippen molar-refractivity contribution < 1.29 is 34.0 Å². The molecule has 166 valence electrons. The molecule has 30 heavy (non-hydrogen) atoms. The highest BCUT2D eigenvalue weighted by Crippen LogP contribution is 2.49. The van der Waals surface area contributed by atoms with Gasteiger partial charge in [-0.2, -0.15) is 0 Å². The number of esters is 1. The van der Waals surface area contributed by atoms with Crippen molar-refractivity contribution in [2.75, 3.05) is 20.3 Å². The molecule has 0 aliphatic heterocycles. The van der Waals surface area contributed by atoms with Crippen molar-refractivity contribution in [3.63, 3.8) is 0 Å². The molecular formula is C23H32O7. The number of aliphatic hydroxyl groups excluding tert-OH is 1. The minimum atomic E-state index is -0.998. The first kappa shape index (κ1) is 22.6. The largest absolute Gasteiger partial charge is 0.482 e. The molecule has 2 N–H and O–H groups in total. The standard InChI is InChI=1S/C23H32O7/c1-3-16(24)7-8-17-18-9-14-5-4-6-20(29-12-22(25)26)19(14)10-15(18)11-21(17)30-23(27)13-28-2/h4-6,15-18,21,24H,3,7-13H2,1-2H3,(H,25,26)/t15-,16?,17+,18-,21+/m0/s1. The molecule has 7 heteroatoms. The van der Waals surface area contributed by atoms with Gasteiger partial charge in [0.2, 0.25) is 0 Å². The normalized spacial score (nSPS) is 25.8. The number of ether oxygens (including phenoxy) is 3. The molecule has 7 nitrogen and oxygen atoms in total. The van der Waals surface area contributed by atoms with E-state index in [1.165, 1.54) is 12.7 Å². The molecule has 0 amide bonds. The Labute approximate surface area is 177 Å². The summed E-state index contributed by atoms with van der Waals surface area (Å²) >= 11 is 0. The lowest BCUT2D eigenvalue weighted by Crippen LogP contribution is -2.30. The third-order valence-electron chi connectivity index (χ3n) is 6.52. The maximum Gasteiger partial charge on any atom is 0.341 e. The minimum absolute atomic E-state index is 0.0659. The highest BCUT2D eigenvalue weighted by atomic mass is 16.6. The Morgan fingerprint density at radius 2 is 2.03 bits per heavy atom. The lowest BCUT2D eigenvalue weighted by atomic mass is 9.73. The van der Waals surface area contributed by atoms with E-state index < -0.39 is 5.97 Å². The van der Waals surface area contributed by atoms with Crippen LogP contribution in [0.5, 0.6) is 5.75 Å². The fraction of sp³-hybridized carbons (Fsp3) is 0.652. The Balaban J connectivity index is 1.78. The molecule has 1 unspecified atom stereocenters. The van der Waals surface area contributed by atoms with E-state index >= 15 is 0 Å². The van der Waals surface area contributed by atoms with E-state index in [1.54, 1.807) is 0 Å². The lowest BCUT2D eigenvalue weighted by molar-refractivity contribution is -0.155. The first-order chi connectivity index (χ1) is 14.4. The molecule has 0 aromatic heterocycles. The maximum atomic E-state index is 12.1. The van der Waals surface area contributed by atoms with Crippen molar-refractivity contribution >= 4 is 11.9 Å². The van der Waals surface area contributed by atoms with E-state index in [9.17, 15) is 14.7 Å². The number of aliphatic hydroxyl groups is 1. The molecule has 0 heterocycles. The Bertz CT molecular complexity index is 747. The highest BCUT2D eigenvalue weighted by Gasteiger charge is 2.47. The van der Waals surface area contributed by atoms with Gasteiger partial charge in [0.1, 0.15) is 18.5 Å². The molecule has 3 rings (SSSR count). The first-order valence-corrected chi connectivity index (χ1v) is 10.7. The topological polar surface area (TPSA) is 102 Å². The third-order valence-corrected chi connectivity index (χ3v) is 6.52. The number of fused-ring (bicyclic) bond motifs is 2. The predicted octanol–water partition coefficient (Wildman–Crippen LogP) is 2.61. The van der Waals surface area contributed by atoms with Crippen molar-refractivity contribution in [3.05, 3.63) is 29.3 Å². The van der Waals surface area contributed by atoms with Crippen LogP contribution in [0.1, 0.15) is 43.7 Å². The van der Waals surface area contributed by atoms with Crippen molar-refractivity contribution in [3.8, 4) is 5.75 Å². The number of carbonyl (C=O) groups excluding carboxylic acids is 1. The summed E-state index contributed by atoms with van der Waals surface area (Å²) in [7, 11) is 1.47. The van der Waals surface area contributed by atoms with Crippen molar-refractivity contribution in [2.24, 2.45) is 17.8 Å². The van der Waals surface area contributed by atoms with Gasteiger partial charge >= 0.3 is 11.9 Å². The van der Waals surface area contributed by atoms with Gasteiger partial charge in [-0.1, -0.05) is 19.1 Å². The summed E-state index contributed by atoms with van der Waals surface area (Å²) in [4.78, 5) is 23.0. The SMILES string of the molecule is CCC(O)CC[C@@H]1[C@H]2Cc3cccc(OCC(=O)O)c3C[C@H]2C[C@H]1OC(=O)COC. The second kappa shape index (κ2) is 10.3. The average molecular weight is 421 g/mol. The smallest absolute Gasteiger partial charge is 0.341 e. The van der Waals surface area contributed by atoms with Gasteiger partial charge < -0.3 is 24.4 Å². The van der Waals surface area contributed by atoms with Crippen LogP contribution in [0, 0.1) is 17.8 Å². The van der Waals surface area contributed by atoms with Crippen LogP contribution in [0.4, 0.5) is 0 Å². The van der Waals surface area contributed by atoms with Crippen molar-refractivity contribution in [1.29, 1.82) is 0 Å². The molecule has 1 aromatic carbocycles. The molecular weight excluding hydrogens is 388 g/mol. The van der Waals surface area contributed by atoms with Crippen molar-refractivity contribution in [2.45, 2.75) is 57.7 Å². The molecule has 0 bridgehead atoms. The van der Waals surface area contributed by atoms with Crippen LogP contribution in [0.2, 0.25) is 0 Å². The van der Waals surface area contributed by atoms with Gasteiger partial charge in [0.05, 0.1) is 6.10 Å². The number of methoxy groups -OCH3 is 1. The number of carbonyl (C=O) groups is 2. The Morgan fingerprint density at radius 1 is 1.23 bits per heavy atom. The fourth-order valence-corrected chi connectivity index (χ4v) is 5.10. The van der Waals surface area contributed by atoms with Gasteiger partial charge in [-0.15, -0.1) is 0 Å². The molecule has 2 aliphatic rings. The first-order valence-electron chi connectivity index (χ1n) is 10.7. The molecule has 5 atom stereocenters. The second-order valence-corrected chi connectivity index (χ2v) is 8.41. The lowest BCUT2D eigenvalue weighted by Gasteiger charge is -2.32. The minimum Gasteiger partial charge on any atom is -0.482 e. The van der Waals surface area contributed by atoms with Gasteiger partial charge in [0.15, 0.2) is 6.61 Å². The molecule has 1 saturated carbocycles. The summed E-state index contributed by atoms with van der Waals surface area (Å²) < 4.78 is 16.2. The molecule has 2 aliphatic carbocycles. The monoisotopic (exact) mass is 420 g/mol. The Hall–Kier alpha value is -2.12. The summed E-state index contributed by atoms with van der Waals surface area (Å²) in [6.45, 7) is 1.54. The van der Waals surface area contributed by atoms with Gasteiger partial charge in [0, 0.05) is 7.11 Å². The average Bonchev–Trinajstić information content (AvgIpc) is 3.04. The van der Waals surface area contributed by atoms with E-state index in [2.05, 4.69) is 6.07 Å². The van der Waals surface area contributed by atoms with Crippen LogP contribution in [0.15, 0.2) is 18.2 Å². The summed E-state index contributed by atoms with van der Waals surface area (Å²) in [6, 6.07) is 5.79. The van der Waals surface area contributed by atoms with E-state index in [4.69, 9.17) is 19.3 Å². The predicted molar refractivity (Wildman–Crippen MR) is 109 cm³/mol. The number of rotatable bonds is 10. The van der Waals surface area contributed by atoms with E-state index in [0.717, 1.165) is 31.2 Å². The number of hydrogen-bond donors (Lipinski definition) is 2. The number of benzene rings is 1. The summed E-state index contributed by atoms with van der Waals surface area (Å²) in [5.74, 6) is 0.153. The van der Waals surface area contributed by atoms with E-state index in [-0.39, 0.29) is 37.3 Å². The second-order valence-electron chi connectivity index (χ2n) is 8.41. The van der Waals surface area contributed by atoms with Gasteiger partial charge in [-0.05, 0) is 73.5 Å². The Morgan fingerprint density at radius 3 is 2.73 bits per heavy atom. The molecule has 0 saturated heterocycles. The highest BCUT2D eigenvalue weighted by molar-refractivity contribution is 5.71. The van der Waals surface area contributed by atoms with Crippen LogP contribution in [-0.2, 0) is 31.9 Å². The molecule has 0 spiro atoms. The third kappa shape index (κ3) is 5.32. The van der Waals surface area contributed by atoms with E-state index in [1.807, 2.05) is 19.1 Å². The fourth-order valence-electron chi connectivity index (χ4n) is 5.10. The zero-order valence-corrected chi connectivity index (χ0v) is 17.7. The Kier molecular flexibility index (Phi) is 7.72. The zero-order valence-electron chi connectivity index (χ0n) is 17.7. The molecule has 1 fully saturated rings. The maximum absolute atomic E-state index is 12.1. The summed E-state index contributed by atoms with van der Waals surface area (Å²) in [5.41, 5.74) is 2.24. The molecule has 0 radical (unpaired) electrons. The number of aliphatic carboxylic acids is 1. The molecule has 1 aromatic rings. The van der Waals surface area contributed by atoms with Crippen molar-refractivity contribution in [1.82, 2.24) is 0 Å². The van der Waals surface area contributed by atoms with Crippen LogP contribution >= 0.6 is 0 Å². The van der Waals surface area contributed by atoms with E-state index in [0.29, 0.717) is 30.4 Å².